The van der Waals surface area contributed by atoms with Gasteiger partial charge in [-0.05, 0) is 56.2 Å². The van der Waals surface area contributed by atoms with Gasteiger partial charge in [-0.3, -0.25) is 4.72 Å². The second kappa shape index (κ2) is 6.58. The number of sulfonamides is 1. The molecule has 118 valence electrons. The lowest BCUT2D eigenvalue weighted by Crippen LogP contribution is -2.15. The molecule has 0 aliphatic carbocycles. The highest BCUT2D eigenvalue weighted by Gasteiger charge is 2.21. The molecule has 0 bridgehead atoms. The minimum Gasteiger partial charge on any atom is -0.492 e. The zero-order chi connectivity index (χ0) is 16.3. The summed E-state index contributed by atoms with van der Waals surface area (Å²) in [6.45, 7) is 5.96. The number of ether oxygens (including phenoxy) is 1. The molecule has 22 heavy (non-hydrogen) atoms. The molecule has 0 amide bonds. The number of rotatable bonds is 5. The Bertz CT molecular complexity index is 788. The lowest BCUT2D eigenvalue weighted by molar-refractivity contribution is 0.331. The van der Waals surface area contributed by atoms with Crippen molar-refractivity contribution in [2.45, 2.75) is 25.7 Å². The van der Waals surface area contributed by atoms with Gasteiger partial charge in [-0.2, -0.15) is 0 Å². The molecule has 0 spiro atoms. The van der Waals surface area contributed by atoms with Crippen molar-refractivity contribution in [3.63, 3.8) is 0 Å². The lowest BCUT2D eigenvalue weighted by Gasteiger charge is -2.15. The van der Waals surface area contributed by atoms with Crippen LogP contribution in [0.25, 0.3) is 0 Å². The molecule has 1 N–H and O–H groups in total. The molecular weight excluding hydrogens is 322 g/mol. The maximum Gasteiger partial charge on any atom is 0.265 e. The molecule has 4 nitrogen and oxygen atoms in total. The van der Waals surface area contributed by atoms with Crippen LogP contribution in [0, 0.1) is 13.8 Å². The van der Waals surface area contributed by atoms with Gasteiger partial charge in [0.15, 0.2) is 0 Å². The van der Waals surface area contributed by atoms with Crippen LogP contribution in [0.4, 0.5) is 5.69 Å². The first-order valence-electron chi connectivity index (χ1n) is 6.86. The maximum atomic E-state index is 12.7. The number of hydrogen-bond donors (Lipinski definition) is 1. The van der Waals surface area contributed by atoms with Crippen molar-refractivity contribution < 1.29 is 13.2 Å². The predicted molar refractivity (Wildman–Crippen MR) is 89.3 cm³/mol. The van der Waals surface area contributed by atoms with Crippen molar-refractivity contribution in [1.29, 1.82) is 0 Å². The molecule has 0 aliphatic heterocycles. The molecule has 6 heteroatoms. The smallest absolute Gasteiger partial charge is 0.265 e. The van der Waals surface area contributed by atoms with Gasteiger partial charge in [-0.25, -0.2) is 8.42 Å². The van der Waals surface area contributed by atoms with E-state index in [1.807, 2.05) is 26.0 Å². The number of anilines is 1. The Morgan fingerprint density at radius 3 is 2.59 bits per heavy atom. The molecular formula is C16H18ClNO3S. The fourth-order valence-corrected chi connectivity index (χ4v) is 3.56. The van der Waals surface area contributed by atoms with E-state index in [0.717, 1.165) is 11.1 Å². The van der Waals surface area contributed by atoms with Crippen molar-refractivity contribution in [2.24, 2.45) is 0 Å². The summed E-state index contributed by atoms with van der Waals surface area (Å²) in [5.41, 5.74) is 2.44. The highest BCUT2D eigenvalue weighted by Crippen LogP contribution is 2.30. The van der Waals surface area contributed by atoms with Crippen molar-refractivity contribution in [1.82, 2.24) is 0 Å². The SMILES string of the molecule is CCOc1ccc(Cl)cc1S(=O)(=O)Nc1cccc(C)c1C. The molecule has 0 aromatic heterocycles. The molecule has 0 atom stereocenters. The third kappa shape index (κ3) is 3.54. The third-order valence-corrected chi connectivity index (χ3v) is 4.97. The Kier molecular flexibility index (Phi) is 4.98. The number of nitrogens with one attached hydrogen (secondary N) is 1. The second-order valence-corrected chi connectivity index (χ2v) is 6.96. The molecule has 0 fully saturated rings. The largest absolute Gasteiger partial charge is 0.492 e. The molecule has 2 rings (SSSR count). The van der Waals surface area contributed by atoms with Crippen molar-refractivity contribution in [3.8, 4) is 5.75 Å². The lowest BCUT2D eigenvalue weighted by atomic mass is 10.1. The summed E-state index contributed by atoms with van der Waals surface area (Å²) in [5, 5.41) is 0.338. The van der Waals surface area contributed by atoms with Gasteiger partial charge in [-0.1, -0.05) is 23.7 Å². The van der Waals surface area contributed by atoms with E-state index in [-0.39, 0.29) is 10.6 Å². The Morgan fingerprint density at radius 2 is 1.91 bits per heavy atom. The molecule has 0 aliphatic rings. The van der Waals surface area contributed by atoms with Crippen LogP contribution in [0.3, 0.4) is 0 Å². The van der Waals surface area contributed by atoms with Crippen LogP contribution in [0.5, 0.6) is 5.75 Å². The third-order valence-electron chi connectivity index (χ3n) is 3.34. The van der Waals surface area contributed by atoms with Crippen LogP contribution in [0.2, 0.25) is 5.02 Å². The maximum absolute atomic E-state index is 12.7. The van der Waals surface area contributed by atoms with Gasteiger partial charge in [0.1, 0.15) is 10.6 Å². The molecule has 0 unspecified atom stereocenters. The summed E-state index contributed by atoms with van der Waals surface area (Å²) in [7, 11) is -3.79. The average molecular weight is 340 g/mol. The Labute approximate surface area is 136 Å². The molecule has 0 saturated carbocycles. The van der Waals surface area contributed by atoms with E-state index >= 15 is 0 Å². The normalized spacial score (nSPS) is 11.3. The van der Waals surface area contributed by atoms with Crippen molar-refractivity contribution in [3.05, 3.63) is 52.5 Å². The zero-order valence-electron chi connectivity index (χ0n) is 12.7. The summed E-state index contributed by atoms with van der Waals surface area (Å²) in [6, 6.07) is 10.0. The first-order chi connectivity index (χ1) is 10.3. The van der Waals surface area contributed by atoms with Gasteiger partial charge in [-0.15, -0.1) is 0 Å². The summed E-state index contributed by atoms with van der Waals surface area (Å²) in [6.07, 6.45) is 0. The van der Waals surface area contributed by atoms with E-state index in [9.17, 15) is 8.42 Å². The monoisotopic (exact) mass is 339 g/mol. The molecule has 2 aromatic carbocycles. The van der Waals surface area contributed by atoms with Gasteiger partial charge in [0.2, 0.25) is 0 Å². The molecule has 0 heterocycles. The van der Waals surface area contributed by atoms with E-state index < -0.39 is 10.0 Å². The number of hydrogen-bond acceptors (Lipinski definition) is 3. The second-order valence-electron chi connectivity index (χ2n) is 4.88. The summed E-state index contributed by atoms with van der Waals surface area (Å²) in [4.78, 5) is 0.0303. The fraction of sp³-hybridized carbons (Fsp3) is 0.250. The van der Waals surface area contributed by atoms with E-state index in [1.54, 1.807) is 25.1 Å². The highest BCUT2D eigenvalue weighted by atomic mass is 35.5. The summed E-state index contributed by atoms with van der Waals surface area (Å²) >= 11 is 5.93. The van der Waals surface area contributed by atoms with Crippen molar-refractivity contribution in [2.75, 3.05) is 11.3 Å². The first-order valence-corrected chi connectivity index (χ1v) is 8.72. The standard InChI is InChI=1S/C16H18ClNO3S/c1-4-21-15-9-8-13(17)10-16(15)22(19,20)18-14-7-5-6-11(2)12(14)3/h5-10,18H,4H2,1-3H3. The topological polar surface area (TPSA) is 55.4 Å². The van der Waals surface area contributed by atoms with Gasteiger partial charge < -0.3 is 4.74 Å². The fourth-order valence-electron chi connectivity index (χ4n) is 2.03. The Morgan fingerprint density at radius 1 is 1.18 bits per heavy atom. The van der Waals surface area contributed by atoms with Gasteiger partial charge >= 0.3 is 0 Å². The number of benzene rings is 2. The van der Waals surface area contributed by atoms with Crippen LogP contribution in [0.15, 0.2) is 41.3 Å². The average Bonchev–Trinajstić information content (AvgIpc) is 2.46. The zero-order valence-corrected chi connectivity index (χ0v) is 14.3. The minimum atomic E-state index is -3.79. The number of aryl methyl sites for hydroxylation is 1. The van der Waals surface area contributed by atoms with Crippen molar-refractivity contribution >= 4 is 27.3 Å². The molecule has 0 saturated heterocycles. The minimum absolute atomic E-state index is 0.0303. The highest BCUT2D eigenvalue weighted by molar-refractivity contribution is 7.92. The van der Waals surface area contributed by atoms with Crippen LogP contribution in [0.1, 0.15) is 18.1 Å². The predicted octanol–water partition coefficient (Wildman–Crippen LogP) is 4.16. The van der Waals surface area contributed by atoms with Gasteiger partial charge in [0, 0.05) is 5.02 Å². The van der Waals surface area contributed by atoms with E-state index in [4.69, 9.17) is 16.3 Å². The van der Waals surface area contributed by atoms with Gasteiger partial charge in [0.05, 0.1) is 12.3 Å². The quantitative estimate of drug-likeness (QED) is 0.890. The molecule has 0 radical (unpaired) electrons. The number of halogens is 1. The summed E-state index contributed by atoms with van der Waals surface area (Å²) < 4.78 is 33.3. The Hall–Kier alpha value is -1.72. The van der Waals surface area contributed by atoms with Gasteiger partial charge in [0.25, 0.3) is 10.0 Å². The van der Waals surface area contributed by atoms with Crippen LogP contribution in [-0.2, 0) is 10.0 Å². The van der Waals surface area contributed by atoms with E-state index in [2.05, 4.69) is 4.72 Å². The van der Waals surface area contributed by atoms with Crippen LogP contribution < -0.4 is 9.46 Å². The van der Waals surface area contributed by atoms with Crippen LogP contribution in [-0.4, -0.2) is 15.0 Å². The first kappa shape index (κ1) is 16.6. The molecule has 2 aromatic rings. The Balaban J connectivity index is 2.47. The van der Waals surface area contributed by atoms with Crippen LogP contribution >= 0.6 is 11.6 Å². The van der Waals surface area contributed by atoms with E-state index in [0.29, 0.717) is 17.3 Å². The van der Waals surface area contributed by atoms with E-state index in [1.165, 1.54) is 6.07 Å². The summed E-state index contributed by atoms with van der Waals surface area (Å²) in [5.74, 6) is 0.282.